The molecule has 4 aromatic carbocycles. The Labute approximate surface area is 248 Å². The lowest BCUT2D eigenvalue weighted by Crippen LogP contribution is -2.30. The van der Waals surface area contributed by atoms with Gasteiger partial charge in [0.25, 0.3) is 11.8 Å². The van der Waals surface area contributed by atoms with E-state index in [0.717, 1.165) is 10.5 Å². The summed E-state index contributed by atoms with van der Waals surface area (Å²) in [6, 6.07) is 28.3. The molecule has 7 nitrogen and oxygen atoms in total. The summed E-state index contributed by atoms with van der Waals surface area (Å²) in [6.07, 6.45) is 1.58. The van der Waals surface area contributed by atoms with Gasteiger partial charge in [0.05, 0.1) is 12.9 Å². The molecular formula is C32H28ClN3O4S. The molecule has 0 atom stereocenters. The summed E-state index contributed by atoms with van der Waals surface area (Å²) in [6.45, 7) is 1.89. The van der Waals surface area contributed by atoms with Crippen LogP contribution in [0.4, 0.5) is 11.4 Å². The number of anilines is 2. The fourth-order valence-corrected chi connectivity index (χ4v) is 4.69. The predicted octanol–water partition coefficient (Wildman–Crippen LogP) is 6.80. The van der Waals surface area contributed by atoms with Crippen molar-refractivity contribution in [3.8, 4) is 5.75 Å². The minimum Gasteiger partial charge on any atom is -0.497 e. The minimum absolute atomic E-state index is 0.0569. The Bertz CT molecular complexity index is 1590. The normalized spacial score (nSPS) is 11.0. The van der Waals surface area contributed by atoms with E-state index in [0.29, 0.717) is 33.3 Å². The molecule has 0 aliphatic rings. The second kappa shape index (κ2) is 14.2. The Morgan fingerprint density at radius 3 is 2.44 bits per heavy atom. The van der Waals surface area contributed by atoms with Gasteiger partial charge in [-0.1, -0.05) is 54.1 Å². The molecule has 41 heavy (non-hydrogen) atoms. The van der Waals surface area contributed by atoms with E-state index < -0.39 is 11.8 Å². The van der Waals surface area contributed by atoms with Crippen molar-refractivity contribution in [2.75, 3.05) is 23.5 Å². The van der Waals surface area contributed by atoms with Crippen molar-refractivity contribution in [1.82, 2.24) is 5.32 Å². The van der Waals surface area contributed by atoms with Crippen LogP contribution < -0.4 is 20.7 Å². The highest BCUT2D eigenvalue weighted by Crippen LogP contribution is 2.24. The van der Waals surface area contributed by atoms with Crippen LogP contribution in [0, 0.1) is 6.92 Å². The van der Waals surface area contributed by atoms with Gasteiger partial charge in [-0.05, 0) is 78.7 Å². The maximum atomic E-state index is 13.4. The standard InChI is InChI=1S/C32H28ClN3O4S/c1-21-14-15-24(33)18-28(21)35-30(37)20-41-27-13-7-11-25(19-27)34-32(39)29(17-22-8-6-12-26(16-22)40-2)36-31(38)23-9-4-3-5-10-23/h3-19H,20H2,1-2H3,(H,34,39)(H,35,37)(H,36,38)/b29-17-. The smallest absolute Gasteiger partial charge is 0.272 e. The Balaban J connectivity index is 1.47. The zero-order chi connectivity index (χ0) is 29.2. The quantitative estimate of drug-likeness (QED) is 0.140. The van der Waals surface area contributed by atoms with Crippen LogP contribution in [0.1, 0.15) is 21.5 Å². The van der Waals surface area contributed by atoms with E-state index in [9.17, 15) is 14.4 Å². The highest BCUT2D eigenvalue weighted by molar-refractivity contribution is 8.00. The summed E-state index contributed by atoms with van der Waals surface area (Å²) >= 11 is 7.38. The monoisotopic (exact) mass is 585 g/mol. The van der Waals surface area contributed by atoms with Crippen LogP contribution in [-0.4, -0.2) is 30.6 Å². The molecule has 0 saturated carbocycles. The largest absolute Gasteiger partial charge is 0.497 e. The molecule has 0 bridgehead atoms. The summed E-state index contributed by atoms with van der Waals surface area (Å²) < 4.78 is 5.29. The van der Waals surface area contributed by atoms with E-state index in [1.54, 1.807) is 92.0 Å². The van der Waals surface area contributed by atoms with Crippen LogP contribution >= 0.6 is 23.4 Å². The second-order valence-corrected chi connectivity index (χ2v) is 10.4. The fraction of sp³-hybridized carbons (Fsp3) is 0.0938. The predicted molar refractivity (Wildman–Crippen MR) is 165 cm³/mol. The molecule has 9 heteroatoms. The molecule has 208 valence electrons. The van der Waals surface area contributed by atoms with Crippen molar-refractivity contribution >= 4 is 58.5 Å². The number of benzene rings is 4. The minimum atomic E-state index is -0.506. The number of nitrogens with one attached hydrogen (secondary N) is 3. The number of carbonyl (C=O) groups excluding carboxylic acids is 3. The van der Waals surface area contributed by atoms with Gasteiger partial charge in [0, 0.05) is 26.9 Å². The van der Waals surface area contributed by atoms with Crippen LogP contribution in [0.3, 0.4) is 0 Å². The van der Waals surface area contributed by atoms with Gasteiger partial charge in [0.1, 0.15) is 11.4 Å². The zero-order valence-electron chi connectivity index (χ0n) is 22.4. The molecule has 3 N–H and O–H groups in total. The Morgan fingerprint density at radius 2 is 1.66 bits per heavy atom. The van der Waals surface area contributed by atoms with Crippen LogP contribution in [0.2, 0.25) is 5.02 Å². The first-order valence-corrected chi connectivity index (χ1v) is 14.0. The van der Waals surface area contributed by atoms with Gasteiger partial charge < -0.3 is 20.7 Å². The van der Waals surface area contributed by atoms with E-state index in [1.807, 2.05) is 25.1 Å². The van der Waals surface area contributed by atoms with E-state index in [4.69, 9.17) is 16.3 Å². The number of halogens is 1. The van der Waals surface area contributed by atoms with Crippen LogP contribution in [0.25, 0.3) is 6.08 Å². The number of carbonyl (C=O) groups is 3. The molecule has 4 aromatic rings. The molecule has 0 unspecified atom stereocenters. The van der Waals surface area contributed by atoms with Gasteiger partial charge in [0.2, 0.25) is 5.91 Å². The lowest BCUT2D eigenvalue weighted by molar-refractivity contribution is -0.114. The molecule has 0 radical (unpaired) electrons. The van der Waals surface area contributed by atoms with E-state index >= 15 is 0 Å². The van der Waals surface area contributed by atoms with Gasteiger partial charge in [-0.15, -0.1) is 11.8 Å². The number of amides is 3. The average molecular weight is 586 g/mol. The fourth-order valence-electron chi connectivity index (χ4n) is 3.77. The maximum absolute atomic E-state index is 13.4. The molecule has 0 aliphatic carbocycles. The highest BCUT2D eigenvalue weighted by atomic mass is 35.5. The molecule has 0 saturated heterocycles. The van der Waals surface area contributed by atoms with Crippen molar-refractivity contribution in [2.24, 2.45) is 0 Å². The summed E-state index contributed by atoms with van der Waals surface area (Å²) in [4.78, 5) is 39.6. The van der Waals surface area contributed by atoms with Crippen LogP contribution in [0.5, 0.6) is 5.75 Å². The zero-order valence-corrected chi connectivity index (χ0v) is 24.0. The maximum Gasteiger partial charge on any atom is 0.272 e. The molecule has 0 spiro atoms. The first-order chi connectivity index (χ1) is 19.8. The van der Waals surface area contributed by atoms with Gasteiger partial charge in [-0.2, -0.15) is 0 Å². The van der Waals surface area contributed by atoms with E-state index in [1.165, 1.54) is 11.8 Å². The van der Waals surface area contributed by atoms with Crippen LogP contribution in [-0.2, 0) is 9.59 Å². The number of hydrogen-bond acceptors (Lipinski definition) is 5. The number of ether oxygens (including phenoxy) is 1. The third-order valence-electron chi connectivity index (χ3n) is 5.87. The SMILES string of the molecule is COc1cccc(/C=C(\NC(=O)c2ccccc2)C(=O)Nc2cccc(SCC(=O)Nc3cc(Cl)ccc3C)c2)c1. The van der Waals surface area contributed by atoms with E-state index in [-0.39, 0.29) is 17.4 Å². The summed E-state index contributed by atoms with van der Waals surface area (Å²) in [5, 5.41) is 8.99. The highest BCUT2D eigenvalue weighted by Gasteiger charge is 2.16. The third kappa shape index (κ3) is 8.73. The van der Waals surface area contributed by atoms with E-state index in [2.05, 4.69) is 16.0 Å². The average Bonchev–Trinajstić information content (AvgIpc) is 2.98. The summed E-state index contributed by atoms with van der Waals surface area (Å²) in [7, 11) is 1.56. The van der Waals surface area contributed by atoms with Gasteiger partial charge >= 0.3 is 0 Å². The topological polar surface area (TPSA) is 96.5 Å². The molecular weight excluding hydrogens is 558 g/mol. The van der Waals surface area contributed by atoms with Crippen molar-refractivity contribution in [2.45, 2.75) is 11.8 Å². The van der Waals surface area contributed by atoms with Gasteiger partial charge in [0.15, 0.2) is 0 Å². The first-order valence-electron chi connectivity index (χ1n) is 12.6. The molecule has 0 fully saturated rings. The van der Waals surface area contributed by atoms with Gasteiger partial charge in [-0.25, -0.2) is 0 Å². The van der Waals surface area contributed by atoms with Crippen molar-refractivity contribution in [3.63, 3.8) is 0 Å². The van der Waals surface area contributed by atoms with Crippen molar-refractivity contribution in [1.29, 1.82) is 0 Å². The van der Waals surface area contributed by atoms with Crippen LogP contribution in [0.15, 0.2) is 108 Å². The summed E-state index contributed by atoms with van der Waals surface area (Å²) in [5.74, 6) is -0.319. The third-order valence-corrected chi connectivity index (χ3v) is 7.10. The number of thioether (sulfide) groups is 1. The molecule has 0 aromatic heterocycles. The molecule has 4 rings (SSSR count). The van der Waals surface area contributed by atoms with Gasteiger partial charge in [-0.3, -0.25) is 14.4 Å². The molecule has 0 aliphatic heterocycles. The number of rotatable bonds is 10. The van der Waals surface area contributed by atoms with Crippen molar-refractivity contribution in [3.05, 3.63) is 124 Å². The lowest BCUT2D eigenvalue weighted by Gasteiger charge is -2.13. The van der Waals surface area contributed by atoms with Crippen molar-refractivity contribution < 1.29 is 19.1 Å². The Kier molecular flexibility index (Phi) is 10.2. The second-order valence-electron chi connectivity index (χ2n) is 8.93. The number of hydrogen-bond donors (Lipinski definition) is 3. The Morgan fingerprint density at radius 1 is 0.878 bits per heavy atom. The lowest BCUT2D eigenvalue weighted by atomic mass is 10.1. The molecule has 0 heterocycles. The first kappa shape index (κ1) is 29.5. The summed E-state index contributed by atoms with van der Waals surface area (Å²) in [5.41, 5.74) is 3.24. The Hall–Kier alpha value is -4.53. The number of methoxy groups -OCH3 is 1. The molecule has 3 amide bonds. The number of aryl methyl sites for hydroxylation is 1.